The lowest BCUT2D eigenvalue weighted by molar-refractivity contribution is -0.119. The minimum Gasteiger partial charge on any atom is -0.353 e. The molecule has 1 saturated heterocycles. The van der Waals surface area contributed by atoms with Gasteiger partial charge in [-0.25, -0.2) is 13.4 Å². The first kappa shape index (κ1) is 14.3. The van der Waals surface area contributed by atoms with Gasteiger partial charge in [-0.05, 0) is 25.0 Å². The summed E-state index contributed by atoms with van der Waals surface area (Å²) in [7, 11) is -2.87. The molecule has 1 amide bonds. The second-order valence-corrected chi connectivity index (χ2v) is 7.75. The quantitative estimate of drug-likeness (QED) is 0.835. The molecule has 1 aliphatic rings. The van der Waals surface area contributed by atoms with E-state index >= 15 is 0 Å². The normalized spacial score (nSPS) is 18.9. The third kappa shape index (κ3) is 4.83. The van der Waals surface area contributed by atoms with Crippen LogP contribution in [0.4, 0.5) is 0 Å². The van der Waals surface area contributed by atoms with Crippen LogP contribution in [0.2, 0.25) is 0 Å². The Morgan fingerprint density at radius 1 is 1.37 bits per heavy atom. The van der Waals surface area contributed by atoms with Crippen LogP contribution in [0.1, 0.15) is 12.8 Å². The van der Waals surface area contributed by atoms with Crippen LogP contribution < -0.4 is 5.32 Å². The van der Waals surface area contributed by atoms with Crippen molar-refractivity contribution in [1.29, 1.82) is 0 Å². The first-order valence-electron chi connectivity index (χ1n) is 6.09. The SMILES string of the molecule is O=C(CSc1ccccn1)NC1CCS(=O)(=O)CC1. The summed E-state index contributed by atoms with van der Waals surface area (Å²) >= 11 is 1.38. The summed E-state index contributed by atoms with van der Waals surface area (Å²) in [6.07, 6.45) is 2.72. The summed E-state index contributed by atoms with van der Waals surface area (Å²) in [4.78, 5) is 15.9. The summed E-state index contributed by atoms with van der Waals surface area (Å²) in [6, 6.07) is 5.54. The van der Waals surface area contributed by atoms with E-state index in [0.29, 0.717) is 18.6 Å². The highest BCUT2D eigenvalue weighted by Crippen LogP contribution is 2.15. The molecule has 7 heteroatoms. The van der Waals surface area contributed by atoms with Crippen LogP contribution in [0.25, 0.3) is 0 Å². The smallest absolute Gasteiger partial charge is 0.230 e. The van der Waals surface area contributed by atoms with Gasteiger partial charge in [0.2, 0.25) is 5.91 Å². The number of hydrogen-bond donors (Lipinski definition) is 1. The largest absolute Gasteiger partial charge is 0.353 e. The molecule has 0 atom stereocenters. The van der Waals surface area contributed by atoms with Crippen LogP contribution in [-0.2, 0) is 14.6 Å². The van der Waals surface area contributed by atoms with Crippen LogP contribution >= 0.6 is 11.8 Å². The maximum absolute atomic E-state index is 11.7. The van der Waals surface area contributed by atoms with Crippen LogP contribution in [0.5, 0.6) is 0 Å². The molecule has 2 heterocycles. The zero-order valence-corrected chi connectivity index (χ0v) is 12.0. The van der Waals surface area contributed by atoms with Crippen molar-refractivity contribution in [2.75, 3.05) is 17.3 Å². The molecule has 1 N–H and O–H groups in total. The molecule has 5 nitrogen and oxygen atoms in total. The third-order valence-electron chi connectivity index (χ3n) is 2.91. The van der Waals surface area contributed by atoms with Crippen molar-refractivity contribution in [3.63, 3.8) is 0 Å². The maximum atomic E-state index is 11.7. The van der Waals surface area contributed by atoms with E-state index in [9.17, 15) is 13.2 Å². The number of sulfone groups is 1. The number of hydrogen-bond acceptors (Lipinski definition) is 5. The van der Waals surface area contributed by atoms with E-state index in [1.54, 1.807) is 6.20 Å². The van der Waals surface area contributed by atoms with Crippen molar-refractivity contribution in [3.05, 3.63) is 24.4 Å². The molecule has 1 aromatic heterocycles. The minimum absolute atomic E-state index is 0.0136. The zero-order chi connectivity index (χ0) is 13.7. The molecule has 0 saturated carbocycles. The minimum atomic E-state index is -2.87. The van der Waals surface area contributed by atoms with Gasteiger partial charge in [0.05, 0.1) is 22.3 Å². The predicted octanol–water partition coefficient (Wildman–Crippen LogP) is 0.867. The van der Waals surface area contributed by atoms with Crippen LogP contribution in [-0.4, -0.2) is 42.6 Å². The fourth-order valence-electron chi connectivity index (χ4n) is 1.88. The molecule has 2 rings (SSSR count). The van der Waals surface area contributed by atoms with E-state index in [2.05, 4.69) is 10.3 Å². The molecule has 0 radical (unpaired) electrons. The Bertz CT molecular complexity index is 517. The molecule has 0 aromatic carbocycles. The van der Waals surface area contributed by atoms with Gasteiger partial charge in [0.25, 0.3) is 0 Å². The fourth-order valence-corrected chi connectivity index (χ4v) is 4.04. The number of thioether (sulfide) groups is 1. The van der Waals surface area contributed by atoms with Gasteiger partial charge in [-0.1, -0.05) is 17.8 Å². The Kier molecular flexibility index (Phi) is 4.81. The Morgan fingerprint density at radius 2 is 2.11 bits per heavy atom. The second kappa shape index (κ2) is 6.38. The summed E-state index contributed by atoms with van der Waals surface area (Å²) < 4.78 is 22.5. The van der Waals surface area contributed by atoms with Gasteiger partial charge in [-0.2, -0.15) is 0 Å². The third-order valence-corrected chi connectivity index (χ3v) is 5.57. The second-order valence-electron chi connectivity index (χ2n) is 4.45. The Labute approximate surface area is 117 Å². The molecule has 0 unspecified atom stereocenters. The number of rotatable bonds is 4. The summed E-state index contributed by atoms with van der Waals surface area (Å²) in [5, 5.41) is 3.68. The summed E-state index contributed by atoms with van der Waals surface area (Å²) in [5.74, 6) is 0.580. The number of aromatic nitrogens is 1. The van der Waals surface area contributed by atoms with Gasteiger partial charge in [0, 0.05) is 12.2 Å². The molecule has 1 aliphatic heterocycles. The van der Waals surface area contributed by atoms with Gasteiger partial charge < -0.3 is 5.32 Å². The van der Waals surface area contributed by atoms with Gasteiger partial charge in [-0.3, -0.25) is 4.79 Å². The van der Waals surface area contributed by atoms with Gasteiger partial charge >= 0.3 is 0 Å². The predicted molar refractivity (Wildman–Crippen MR) is 74.8 cm³/mol. The van der Waals surface area contributed by atoms with E-state index in [1.165, 1.54) is 11.8 Å². The highest BCUT2D eigenvalue weighted by molar-refractivity contribution is 7.99. The van der Waals surface area contributed by atoms with Crippen LogP contribution in [0.15, 0.2) is 29.4 Å². The number of pyridine rings is 1. The Hall–Kier alpha value is -1.08. The number of carbonyl (C=O) groups excluding carboxylic acids is 1. The van der Waals surface area contributed by atoms with Crippen LogP contribution in [0, 0.1) is 0 Å². The molecule has 0 bridgehead atoms. The molecular formula is C12H16N2O3S2. The molecule has 104 valence electrons. The lowest BCUT2D eigenvalue weighted by Crippen LogP contribution is -2.41. The number of carbonyl (C=O) groups is 1. The van der Waals surface area contributed by atoms with Crippen molar-refractivity contribution >= 4 is 27.5 Å². The lowest BCUT2D eigenvalue weighted by atomic mass is 10.1. The monoisotopic (exact) mass is 300 g/mol. The molecule has 1 fully saturated rings. The maximum Gasteiger partial charge on any atom is 0.230 e. The van der Waals surface area contributed by atoms with E-state index in [4.69, 9.17) is 0 Å². The topological polar surface area (TPSA) is 76.1 Å². The standard InChI is InChI=1S/C12H16N2O3S2/c15-11(9-18-12-3-1-2-6-13-12)14-10-4-7-19(16,17)8-5-10/h1-3,6,10H,4-5,7-9H2,(H,14,15). The van der Waals surface area contributed by atoms with E-state index in [1.807, 2.05) is 18.2 Å². The fraction of sp³-hybridized carbons (Fsp3) is 0.500. The summed E-state index contributed by atoms with van der Waals surface area (Å²) in [6.45, 7) is 0. The van der Waals surface area contributed by atoms with Crippen molar-refractivity contribution in [3.8, 4) is 0 Å². The first-order valence-corrected chi connectivity index (χ1v) is 8.89. The molecular weight excluding hydrogens is 284 g/mol. The highest BCUT2D eigenvalue weighted by Gasteiger charge is 2.24. The summed E-state index contributed by atoms with van der Waals surface area (Å²) in [5.41, 5.74) is 0. The number of nitrogens with one attached hydrogen (secondary N) is 1. The molecule has 0 aliphatic carbocycles. The van der Waals surface area contributed by atoms with Crippen molar-refractivity contribution < 1.29 is 13.2 Å². The average molecular weight is 300 g/mol. The lowest BCUT2D eigenvalue weighted by Gasteiger charge is -2.22. The van der Waals surface area contributed by atoms with Gasteiger partial charge in [0.15, 0.2) is 0 Å². The molecule has 0 spiro atoms. The highest BCUT2D eigenvalue weighted by atomic mass is 32.2. The average Bonchev–Trinajstić information content (AvgIpc) is 2.40. The van der Waals surface area contributed by atoms with Crippen LogP contribution in [0.3, 0.4) is 0 Å². The Balaban J connectivity index is 1.73. The Morgan fingerprint density at radius 3 is 2.74 bits per heavy atom. The zero-order valence-electron chi connectivity index (χ0n) is 10.4. The molecule has 1 aromatic rings. The van der Waals surface area contributed by atoms with Crippen molar-refractivity contribution in [2.24, 2.45) is 0 Å². The van der Waals surface area contributed by atoms with Gasteiger partial charge in [-0.15, -0.1) is 0 Å². The van der Waals surface area contributed by atoms with E-state index in [-0.39, 0.29) is 23.5 Å². The number of nitrogens with zero attached hydrogens (tertiary/aromatic N) is 1. The molecule has 19 heavy (non-hydrogen) atoms. The van der Waals surface area contributed by atoms with Gasteiger partial charge in [0.1, 0.15) is 9.84 Å². The van der Waals surface area contributed by atoms with Crippen molar-refractivity contribution in [1.82, 2.24) is 10.3 Å². The van der Waals surface area contributed by atoms with E-state index in [0.717, 1.165) is 5.03 Å². The number of amides is 1. The van der Waals surface area contributed by atoms with Crippen molar-refractivity contribution in [2.45, 2.75) is 23.9 Å². The van der Waals surface area contributed by atoms with E-state index < -0.39 is 9.84 Å². The first-order chi connectivity index (χ1) is 9.05.